The lowest BCUT2D eigenvalue weighted by atomic mass is 9.70. The van der Waals surface area contributed by atoms with E-state index in [0.717, 1.165) is 12.0 Å². The lowest BCUT2D eigenvalue weighted by Gasteiger charge is -2.36. The maximum absolute atomic E-state index is 13.1. The minimum atomic E-state index is 0.123. The van der Waals surface area contributed by atoms with E-state index in [1.165, 1.54) is 21.2 Å². The Morgan fingerprint density at radius 2 is 1.87 bits per heavy atom. The van der Waals surface area contributed by atoms with Crippen LogP contribution in [0.5, 0.6) is 0 Å². The van der Waals surface area contributed by atoms with E-state index in [0.29, 0.717) is 12.5 Å². The summed E-state index contributed by atoms with van der Waals surface area (Å²) in [7, 11) is 2.06. The van der Waals surface area contributed by atoms with Crippen molar-refractivity contribution in [3.8, 4) is 0 Å². The van der Waals surface area contributed by atoms with E-state index in [-0.39, 0.29) is 16.4 Å². The second-order valence-electron chi connectivity index (χ2n) is 7.92. The molecule has 1 aromatic carbocycles. The molecule has 23 heavy (non-hydrogen) atoms. The van der Waals surface area contributed by atoms with E-state index in [1.54, 1.807) is 0 Å². The van der Waals surface area contributed by atoms with E-state index < -0.39 is 0 Å². The molecule has 0 N–H and O–H groups in total. The van der Waals surface area contributed by atoms with Gasteiger partial charge >= 0.3 is 0 Å². The molecule has 3 nitrogen and oxygen atoms in total. The van der Waals surface area contributed by atoms with Gasteiger partial charge in [-0.15, -0.1) is 0 Å². The SMILES string of the molecule is Cn1c2c(c(=O)n1Cc1ccc(I)cc1)[C@@H]1CC[C@@]2(C)C1(C)C. The molecule has 4 rings (SSSR count). The normalized spacial score (nSPS) is 27.4. The molecule has 1 heterocycles. The molecule has 0 amide bonds. The molecule has 0 radical (unpaired) electrons. The van der Waals surface area contributed by atoms with Gasteiger partial charge in [0.25, 0.3) is 5.56 Å². The molecule has 0 saturated heterocycles. The molecule has 2 atom stereocenters. The zero-order valence-corrected chi connectivity index (χ0v) is 16.3. The van der Waals surface area contributed by atoms with Crippen molar-refractivity contribution in [1.29, 1.82) is 0 Å². The topological polar surface area (TPSA) is 26.9 Å². The van der Waals surface area contributed by atoms with Crippen LogP contribution in [0.15, 0.2) is 29.1 Å². The van der Waals surface area contributed by atoms with E-state index in [2.05, 4.69) is 79.4 Å². The Labute approximate surface area is 150 Å². The van der Waals surface area contributed by atoms with Gasteiger partial charge in [0.15, 0.2) is 0 Å². The Hall–Kier alpha value is -1.04. The van der Waals surface area contributed by atoms with Crippen LogP contribution in [0.3, 0.4) is 0 Å². The van der Waals surface area contributed by atoms with Gasteiger partial charge in [0.2, 0.25) is 0 Å². The van der Waals surface area contributed by atoms with Gasteiger partial charge in [-0.2, -0.15) is 0 Å². The van der Waals surface area contributed by atoms with Crippen LogP contribution in [0, 0.1) is 8.99 Å². The van der Waals surface area contributed by atoms with Crippen LogP contribution < -0.4 is 5.56 Å². The van der Waals surface area contributed by atoms with Gasteiger partial charge in [-0.05, 0) is 64.5 Å². The molecule has 2 aliphatic rings. The van der Waals surface area contributed by atoms with Gasteiger partial charge in [0.1, 0.15) is 0 Å². The van der Waals surface area contributed by atoms with Crippen molar-refractivity contribution < 1.29 is 0 Å². The Balaban J connectivity index is 1.84. The monoisotopic (exact) mass is 422 g/mol. The first-order valence-corrected chi connectivity index (χ1v) is 9.40. The maximum atomic E-state index is 13.1. The number of hydrogen-bond acceptors (Lipinski definition) is 1. The van der Waals surface area contributed by atoms with Gasteiger partial charge in [-0.3, -0.25) is 9.48 Å². The third-order valence-electron chi connectivity index (χ3n) is 6.75. The summed E-state index contributed by atoms with van der Waals surface area (Å²) >= 11 is 2.31. The van der Waals surface area contributed by atoms with Crippen molar-refractivity contribution in [2.75, 3.05) is 0 Å². The van der Waals surface area contributed by atoms with E-state index >= 15 is 0 Å². The molecule has 1 fully saturated rings. The van der Waals surface area contributed by atoms with Crippen LogP contribution >= 0.6 is 22.6 Å². The molecule has 0 aliphatic heterocycles. The molecule has 0 spiro atoms. The summed E-state index contributed by atoms with van der Waals surface area (Å²) in [6.07, 6.45) is 2.35. The number of benzene rings is 1. The second kappa shape index (κ2) is 4.74. The van der Waals surface area contributed by atoms with Crippen molar-refractivity contribution in [3.63, 3.8) is 0 Å². The highest BCUT2D eigenvalue weighted by Gasteiger charge is 2.62. The summed E-state index contributed by atoms with van der Waals surface area (Å²) in [5.74, 6) is 0.416. The number of fused-ring (bicyclic) bond motifs is 5. The fraction of sp³-hybridized carbons (Fsp3) is 0.526. The molecule has 0 unspecified atom stereocenters. The third-order valence-corrected chi connectivity index (χ3v) is 7.47. The molecule has 2 aromatic rings. The number of hydrogen-bond donors (Lipinski definition) is 0. The van der Waals surface area contributed by atoms with Gasteiger partial charge in [-0.1, -0.05) is 32.9 Å². The summed E-state index contributed by atoms with van der Waals surface area (Å²) in [6.45, 7) is 7.69. The van der Waals surface area contributed by atoms with Gasteiger partial charge in [0, 0.05) is 21.6 Å². The van der Waals surface area contributed by atoms with Gasteiger partial charge in [0.05, 0.1) is 12.2 Å². The summed E-state index contributed by atoms with van der Waals surface area (Å²) < 4.78 is 5.30. The van der Waals surface area contributed by atoms with E-state index in [9.17, 15) is 4.79 Å². The standard InChI is InChI=1S/C19H23IN2O/c1-18(2)14-9-10-19(18,3)16-15(14)17(23)22(21(16)4)11-12-5-7-13(20)8-6-12/h5-8,14H,9-11H2,1-4H3/t14-,19+/m0/s1. The highest BCUT2D eigenvalue weighted by Crippen LogP contribution is 2.66. The quantitative estimate of drug-likeness (QED) is 0.672. The summed E-state index contributed by atoms with van der Waals surface area (Å²) in [6, 6.07) is 8.44. The molecule has 2 bridgehead atoms. The van der Waals surface area contributed by atoms with Crippen LogP contribution in [-0.4, -0.2) is 9.36 Å². The summed E-state index contributed by atoms with van der Waals surface area (Å²) in [5.41, 5.74) is 4.10. The average molecular weight is 422 g/mol. The Bertz CT molecular complexity index is 843. The Morgan fingerprint density at radius 1 is 1.22 bits per heavy atom. The average Bonchev–Trinajstić information content (AvgIpc) is 2.95. The Morgan fingerprint density at radius 3 is 2.48 bits per heavy atom. The van der Waals surface area contributed by atoms with E-state index in [4.69, 9.17) is 0 Å². The van der Waals surface area contributed by atoms with Crippen molar-refractivity contribution in [2.24, 2.45) is 12.5 Å². The highest BCUT2D eigenvalue weighted by atomic mass is 127. The van der Waals surface area contributed by atoms with Crippen LogP contribution in [0.2, 0.25) is 0 Å². The number of halogens is 1. The predicted molar refractivity (Wildman–Crippen MR) is 101 cm³/mol. The summed E-state index contributed by atoms with van der Waals surface area (Å²) in [5, 5.41) is 0. The number of rotatable bonds is 2. The lowest BCUT2D eigenvalue weighted by Crippen LogP contribution is -2.35. The van der Waals surface area contributed by atoms with E-state index in [1.807, 2.05) is 4.68 Å². The molecule has 2 aliphatic carbocycles. The highest BCUT2D eigenvalue weighted by molar-refractivity contribution is 14.1. The molecule has 122 valence electrons. The van der Waals surface area contributed by atoms with Crippen molar-refractivity contribution >= 4 is 22.6 Å². The minimum absolute atomic E-state index is 0.123. The van der Waals surface area contributed by atoms with Crippen molar-refractivity contribution in [2.45, 2.75) is 51.5 Å². The second-order valence-corrected chi connectivity index (χ2v) is 9.17. The van der Waals surface area contributed by atoms with Crippen LogP contribution in [-0.2, 0) is 19.0 Å². The van der Waals surface area contributed by atoms with Crippen LogP contribution in [0.1, 0.15) is 56.4 Å². The molecule has 1 saturated carbocycles. The predicted octanol–water partition coefficient (Wildman–Crippen LogP) is 4.01. The zero-order valence-electron chi connectivity index (χ0n) is 14.2. The fourth-order valence-corrected chi connectivity index (χ4v) is 5.37. The Kier molecular flexibility index (Phi) is 3.19. The summed E-state index contributed by atoms with van der Waals surface area (Å²) in [4.78, 5) is 13.1. The molecule has 1 aromatic heterocycles. The lowest BCUT2D eigenvalue weighted by molar-refractivity contribution is 0.215. The van der Waals surface area contributed by atoms with Crippen LogP contribution in [0.25, 0.3) is 0 Å². The van der Waals surface area contributed by atoms with Crippen LogP contribution in [0.4, 0.5) is 0 Å². The van der Waals surface area contributed by atoms with Gasteiger partial charge < -0.3 is 0 Å². The van der Waals surface area contributed by atoms with Crippen molar-refractivity contribution in [1.82, 2.24) is 9.36 Å². The fourth-order valence-electron chi connectivity index (χ4n) is 5.01. The first-order valence-electron chi connectivity index (χ1n) is 8.32. The minimum Gasteiger partial charge on any atom is -0.289 e. The molecular weight excluding hydrogens is 399 g/mol. The van der Waals surface area contributed by atoms with Crippen molar-refractivity contribution in [3.05, 3.63) is 55.0 Å². The maximum Gasteiger partial charge on any atom is 0.270 e. The number of aromatic nitrogens is 2. The molecular formula is C19H23IN2O. The number of nitrogens with zero attached hydrogens (tertiary/aromatic N) is 2. The zero-order chi connectivity index (χ0) is 16.6. The first-order chi connectivity index (χ1) is 10.8. The third kappa shape index (κ3) is 1.84. The smallest absolute Gasteiger partial charge is 0.270 e. The largest absolute Gasteiger partial charge is 0.289 e. The molecule has 4 heteroatoms. The first kappa shape index (κ1) is 15.5. The van der Waals surface area contributed by atoms with Gasteiger partial charge in [-0.25, -0.2) is 4.68 Å².